The molecule has 0 bridgehead atoms. The number of amides is 2. The third kappa shape index (κ3) is 4.19. The fourth-order valence-electron chi connectivity index (χ4n) is 4.13. The first kappa shape index (κ1) is 21.5. The Labute approximate surface area is 186 Å². The van der Waals surface area contributed by atoms with E-state index in [1.807, 2.05) is 50.3 Å². The Morgan fingerprint density at radius 2 is 1.84 bits per heavy atom. The van der Waals surface area contributed by atoms with Crippen molar-refractivity contribution in [2.24, 2.45) is 0 Å². The minimum Gasteiger partial charge on any atom is -0.333 e. The summed E-state index contributed by atoms with van der Waals surface area (Å²) in [5.41, 5.74) is 2.31. The molecule has 0 saturated heterocycles. The number of H-pyrrole nitrogens is 1. The molecule has 0 aliphatic carbocycles. The zero-order valence-corrected chi connectivity index (χ0v) is 18.4. The van der Waals surface area contributed by atoms with Gasteiger partial charge < -0.3 is 14.8 Å². The summed E-state index contributed by atoms with van der Waals surface area (Å²) >= 11 is 0. The van der Waals surface area contributed by atoms with Crippen molar-refractivity contribution >= 4 is 28.8 Å². The van der Waals surface area contributed by atoms with Gasteiger partial charge in [-0.3, -0.25) is 14.4 Å². The van der Waals surface area contributed by atoms with Crippen molar-refractivity contribution in [2.45, 2.75) is 45.8 Å². The molecular formula is C25H26N4O3. The molecule has 2 heterocycles. The summed E-state index contributed by atoms with van der Waals surface area (Å²) in [5.74, 6) is 0.199. The minimum atomic E-state index is -0.383. The molecule has 1 aliphatic rings. The summed E-state index contributed by atoms with van der Waals surface area (Å²) in [6.45, 7) is 5.53. The number of rotatable bonds is 5. The fourth-order valence-corrected chi connectivity index (χ4v) is 4.13. The maximum atomic E-state index is 13.4. The van der Waals surface area contributed by atoms with Crippen LogP contribution in [0.5, 0.6) is 0 Å². The van der Waals surface area contributed by atoms with Crippen LogP contribution in [-0.2, 0) is 16.1 Å². The van der Waals surface area contributed by atoms with Gasteiger partial charge in [-0.1, -0.05) is 36.4 Å². The van der Waals surface area contributed by atoms with Gasteiger partial charge in [0.15, 0.2) is 0 Å². The van der Waals surface area contributed by atoms with E-state index in [1.54, 1.807) is 34.2 Å². The van der Waals surface area contributed by atoms with E-state index >= 15 is 0 Å². The SMILES string of the molecule is CC(=O)N1C=Cc2ccccc2[C@@H]1CC(=O)N(Cc1nc2ccccc2c(=O)[nH]1)C(C)C. The lowest BCUT2D eigenvalue weighted by molar-refractivity contribution is -0.136. The average Bonchev–Trinajstić information content (AvgIpc) is 2.77. The molecule has 4 rings (SSSR count). The second-order valence-electron chi connectivity index (χ2n) is 8.24. The highest BCUT2D eigenvalue weighted by Gasteiger charge is 2.30. The molecule has 164 valence electrons. The second-order valence-corrected chi connectivity index (χ2v) is 8.24. The molecule has 1 N–H and O–H groups in total. The first-order valence-corrected chi connectivity index (χ1v) is 10.7. The number of aromatic nitrogens is 2. The normalized spacial score (nSPS) is 15.1. The number of nitrogens with zero attached hydrogens (tertiary/aromatic N) is 3. The van der Waals surface area contributed by atoms with Gasteiger partial charge in [-0.15, -0.1) is 0 Å². The zero-order chi connectivity index (χ0) is 22.8. The van der Waals surface area contributed by atoms with Gasteiger partial charge >= 0.3 is 0 Å². The van der Waals surface area contributed by atoms with Gasteiger partial charge in [0.05, 0.1) is 29.9 Å². The van der Waals surface area contributed by atoms with Crippen molar-refractivity contribution < 1.29 is 9.59 Å². The maximum Gasteiger partial charge on any atom is 0.258 e. The van der Waals surface area contributed by atoms with E-state index in [1.165, 1.54) is 6.92 Å². The lowest BCUT2D eigenvalue weighted by atomic mass is 9.93. The van der Waals surface area contributed by atoms with E-state index in [2.05, 4.69) is 9.97 Å². The number of aromatic amines is 1. The number of nitrogens with one attached hydrogen (secondary N) is 1. The summed E-state index contributed by atoms with van der Waals surface area (Å²) in [5, 5.41) is 0.515. The van der Waals surface area contributed by atoms with Crippen molar-refractivity contribution in [3.8, 4) is 0 Å². The van der Waals surface area contributed by atoms with Crippen LogP contribution in [0, 0.1) is 0 Å². The molecule has 0 unspecified atom stereocenters. The highest BCUT2D eigenvalue weighted by Crippen LogP contribution is 2.33. The molecule has 0 saturated carbocycles. The van der Waals surface area contributed by atoms with E-state index in [0.29, 0.717) is 16.7 Å². The molecule has 2 amide bonds. The number of carbonyl (C=O) groups excluding carboxylic acids is 2. The third-order valence-corrected chi connectivity index (χ3v) is 5.76. The Kier molecular flexibility index (Phi) is 5.90. The van der Waals surface area contributed by atoms with Gasteiger partial charge in [0.25, 0.3) is 5.56 Å². The predicted molar refractivity (Wildman–Crippen MR) is 123 cm³/mol. The first-order chi connectivity index (χ1) is 15.3. The van der Waals surface area contributed by atoms with Crippen LogP contribution in [0.4, 0.5) is 0 Å². The molecule has 7 nitrogen and oxygen atoms in total. The van der Waals surface area contributed by atoms with Crippen LogP contribution in [-0.4, -0.2) is 37.6 Å². The smallest absolute Gasteiger partial charge is 0.258 e. The Bertz CT molecular complexity index is 1260. The molecule has 7 heteroatoms. The molecule has 0 fully saturated rings. The molecule has 3 aromatic rings. The molecule has 0 spiro atoms. The summed E-state index contributed by atoms with van der Waals surface area (Å²) in [7, 11) is 0. The lowest BCUT2D eigenvalue weighted by Gasteiger charge is -2.34. The maximum absolute atomic E-state index is 13.4. The number of carbonyl (C=O) groups is 2. The third-order valence-electron chi connectivity index (χ3n) is 5.76. The summed E-state index contributed by atoms with van der Waals surface area (Å²) in [6.07, 6.45) is 3.77. The highest BCUT2D eigenvalue weighted by atomic mass is 16.2. The molecule has 0 radical (unpaired) electrons. The first-order valence-electron chi connectivity index (χ1n) is 10.7. The van der Waals surface area contributed by atoms with Crippen molar-refractivity contribution in [3.05, 3.63) is 82.0 Å². The van der Waals surface area contributed by atoms with E-state index < -0.39 is 0 Å². The fraction of sp³-hybridized carbons (Fsp3) is 0.280. The molecule has 32 heavy (non-hydrogen) atoms. The molecule has 1 aliphatic heterocycles. The van der Waals surface area contributed by atoms with E-state index in [-0.39, 0.29) is 42.4 Å². The van der Waals surface area contributed by atoms with Crippen LogP contribution in [0.25, 0.3) is 17.0 Å². The Morgan fingerprint density at radius 3 is 2.59 bits per heavy atom. The van der Waals surface area contributed by atoms with Gasteiger partial charge in [0.1, 0.15) is 5.82 Å². The summed E-state index contributed by atoms with van der Waals surface area (Å²) in [6, 6.07) is 14.4. The molecule has 1 atom stereocenters. The Balaban J connectivity index is 1.62. The highest BCUT2D eigenvalue weighted by molar-refractivity contribution is 5.82. The van der Waals surface area contributed by atoms with Crippen LogP contribution in [0.15, 0.2) is 59.5 Å². The lowest BCUT2D eigenvalue weighted by Crippen LogP contribution is -2.41. The monoisotopic (exact) mass is 430 g/mol. The number of hydrogen-bond acceptors (Lipinski definition) is 4. The number of fused-ring (bicyclic) bond motifs is 2. The van der Waals surface area contributed by atoms with Crippen LogP contribution >= 0.6 is 0 Å². The van der Waals surface area contributed by atoms with Gasteiger partial charge in [-0.2, -0.15) is 0 Å². The van der Waals surface area contributed by atoms with Gasteiger partial charge in [-0.25, -0.2) is 4.98 Å². The quantitative estimate of drug-likeness (QED) is 0.670. The molecule has 1 aromatic heterocycles. The van der Waals surface area contributed by atoms with Crippen LogP contribution in [0.2, 0.25) is 0 Å². The van der Waals surface area contributed by atoms with Gasteiger partial charge in [-0.05, 0) is 43.2 Å². The van der Waals surface area contributed by atoms with Crippen LogP contribution < -0.4 is 5.56 Å². The minimum absolute atomic E-state index is 0.112. The number of benzene rings is 2. The van der Waals surface area contributed by atoms with Crippen molar-refractivity contribution in [1.82, 2.24) is 19.8 Å². The molecular weight excluding hydrogens is 404 g/mol. The predicted octanol–water partition coefficient (Wildman–Crippen LogP) is 3.62. The van der Waals surface area contributed by atoms with E-state index in [4.69, 9.17) is 0 Å². The Morgan fingerprint density at radius 1 is 1.12 bits per heavy atom. The van der Waals surface area contributed by atoms with Gasteiger partial charge in [0.2, 0.25) is 11.8 Å². The van der Waals surface area contributed by atoms with E-state index in [0.717, 1.165) is 11.1 Å². The zero-order valence-electron chi connectivity index (χ0n) is 18.4. The van der Waals surface area contributed by atoms with Crippen LogP contribution in [0.1, 0.15) is 50.2 Å². The Hall–Kier alpha value is -3.74. The largest absolute Gasteiger partial charge is 0.333 e. The van der Waals surface area contributed by atoms with E-state index in [9.17, 15) is 14.4 Å². The van der Waals surface area contributed by atoms with Gasteiger partial charge in [0, 0.05) is 19.2 Å². The number of para-hydroxylation sites is 1. The van der Waals surface area contributed by atoms with Crippen molar-refractivity contribution in [3.63, 3.8) is 0 Å². The summed E-state index contributed by atoms with van der Waals surface area (Å²) in [4.78, 5) is 48.8. The average molecular weight is 431 g/mol. The topological polar surface area (TPSA) is 86.4 Å². The molecule has 2 aromatic carbocycles. The van der Waals surface area contributed by atoms with Crippen LogP contribution in [0.3, 0.4) is 0 Å². The van der Waals surface area contributed by atoms with Crippen molar-refractivity contribution in [1.29, 1.82) is 0 Å². The second kappa shape index (κ2) is 8.78. The van der Waals surface area contributed by atoms with Crippen molar-refractivity contribution in [2.75, 3.05) is 0 Å². The summed E-state index contributed by atoms with van der Waals surface area (Å²) < 4.78 is 0. The number of hydrogen-bond donors (Lipinski definition) is 1. The standard InChI is InChI=1S/C25H26N4O3/c1-16(2)29(15-23-26-21-11-7-6-10-20(21)25(32)27-23)24(31)14-22-19-9-5-4-8-18(19)12-13-28(22)17(3)30/h4-13,16,22H,14-15H2,1-3H3,(H,26,27,32)/t22-/m0/s1.